The zero-order valence-corrected chi connectivity index (χ0v) is 20.8. The molecule has 0 saturated carbocycles. The average molecular weight is 490 g/mol. The lowest BCUT2D eigenvalue weighted by molar-refractivity contribution is -0.120. The van der Waals surface area contributed by atoms with Gasteiger partial charge in [0, 0.05) is 37.8 Å². The molecule has 0 atom stereocenters. The van der Waals surface area contributed by atoms with Gasteiger partial charge in [0.15, 0.2) is 0 Å². The van der Waals surface area contributed by atoms with Gasteiger partial charge in [-0.15, -0.1) is 0 Å². The van der Waals surface area contributed by atoms with Gasteiger partial charge in [0.25, 0.3) is 0 Å². The van der Waals surface area contributed by atoms with Crippen molar-refractivity contribution in [3.8, 4) is 0 Å². The zero-order valence-electron chi connectivity index (χ0n) is 19.9. The molecular weight excluding hydrogens is 457 g/mol. The van der Waals surface area contributed by atoms with Crippen molar-refractivity contribution in [2.45, 2.75) is 38.5 Å². The molecular formula is C25H32FN3O4S. The molecule has 2 aromatic rings. The molecule has 0 spiro atoms. The number of ether oxygens (including phenoxy) is 1. The number of carbonyl (C=O) groups excluding carboxylic acids is 1. The molecule has 2 fully saturated rings. The van der Waals surface area contributed by atoms with Gasteiger partial charge in [0.05, 0.1) is 23.8 Å². The van der Waals surface area contributed by atoms with Crippen LogP contribution in [0.15, 0.2) is 35.2 Å². The number of morpholine rings is 1. The van der Waals surface area contributed by atoms with Gasteiger partial charge in [0.2, 0.25) is 15.9 Å². The monoisotopic (exact) mass is 489 g/mol. The molecule has 0 aromatic heterocycles. The number of nitrogens with zero attached hydrogens (tertiary/aromatic N) is 2. The Morgan fingerprint density at radius 1 is 1.00 bits per heavy atom. The normalized spacial score (nSPS) is 18.2. The van der Waals surface area contributed by atoms with E-state index in [1.807, 2.05) is 37.8 Å². The molecule has 2 aliphatic heterocycles. The van der Waals surface area contributed by atoms with E-state index in [4.69, 9.17) is 4.74 Å². The van der Waals surface area contributed by atoms with E-state index in [1.54, 1.807) is 12.1 Å². The number of amides is 1. The van der Waals surface area contributed by atoms with Crippen LogP contribution in [0.4, 0.5) is 15.8 Å². The minimum absolute atomic E-state index is 0.210. The van der Waals surface area contributed by atoms with Crippen LogP contribution in [0.5, 0.6) is 0 Å². The summed E-state index contributed by atoms with van der Waals surface area (Å²) in [5.41, 5.74) is 3.40. The third kappa shape index (κ3) is 5.11. The number of benzene rings is 2. The summed E-state index contributed by atoms with van der Waals surface area (Å²) in [6, 6.07) is 8.48. The van der Waals surface area contributed by atoms with Crippen molar-refractivity contribution in [3.63, 3.8) is 0 Å². The van der Waals surface area contributed by atoms with Crippen molar-refractivity contribution < 1.29 is 22.3 Å². The highest BCUT2D eigenvalue weighted by Crippen LogP contribution is 2.30. The Hall–Kier alpha value is -2.49. The third-order valence-electron chi connectivity index (χ3n) is 6.59. The molecule has 1 amide bonds. The first kappa shape index (κ1) is 24.6. The van der Waals surface area contributed by atoms with Gasteiger partial charge in [-0.25, -0.2) is 12.8 Å². The Labute approximate surface area is 200 Å². The van der Waals surface area contributed by atoms with Crippen molar-refractivity contribution in [2.75, 3.05) is 49.6 Å². The van der Waals surface area contributed by atoms with Crippen molar-refractivity contribution >= 4 is 27.3 Å². The molecule has 2 saturated heterocycles. The first-order chi connectivity index (χ1) is 16.2. The molecule has 0 aliphatic carbocycles. The second-order valence-electron chi connectivity index (χ2n) is 9.16. The minimum Gasteiger partial charge on any atom is -0.378 e. The summed E-state index contributed by atoms with van der Waals surface area (Å²) < 4.78 is 48.0. The summed E-state index contributed by atoms with van der Waals surface area (Å²) >= 11 is 0. The maximum atomic E-state index is 14.7. The molecule has 2 aliphatic rings. The van der Waals surface area contributed by atoms with Gasteiger partial charge in [-0.05, 0) is 62.9 Å². The van der Waals surface area contributed by atoms with E-state index in [0.717, 1.165) is 16.7 Å². The van der Waals surface area contributed by atoms with Gasteiger partial charge in [-0.1, -0.05) is 17.7 Å². The number of halogens is 1. The predicted molar refractivity (Wildman–Crippen MR) is 130 cm³/mol. The largest absolute Gasteiger partial charge is 0.378 e. The number of hydrogen-bond acceptors (Lipinski definition) is 5. The fourth-order valence-electron chi connectivity index (χ4n) is 4.95. The van der Waals surface area contributed by atoms with Gasteiger partial charge < -0.3 is 15.0 Å². The van der Waals surface area contributed by atoms with Crippen molar-refractivity contribution in [3.05, 3.63) is 52.8 Å². The van der Waals surface area contributed by atoms with Crippen LogP contribution in [0.2, 0.25) is 0 Å². The maximum Gasteiger partial charge on any atom is 0.243 e. The summed E-state index contributed by atoms with van der Waals surface area (Å²) in [6.07, 6.45) is 0.840. The first-order valence-corrected chi connectivity index (χ1v) is 13.1. The number of sulfonamides is 1. The molecule has 9 heteroatoms. The molecule has 34 heavy (non-hydrogen) atoms. The highest BCUT2D eigenvalue weighted by molar-refractivity contribution is 7.89. The number of anilines is 2. The molecule has 0 unspecified atom stereocenters. The number of rotatable bonds is 5. The molecule has 2 aromatic carbocycles. The summed E-state index contributed by atoms with van der Waals surface area (Å²) in [7, 11) is -3.63. The van der Waals surface area contributed by atoms with E-state index < -0.39 is 10.0 Å². The number of hydrogen-bond donors (Lipinski definition) is 1. The minimum atomic E-state index is -3.63. The summed E-state index contributed by atoms with van der Waals surface area (Å²) in [5, 5.41) is 2.80. The van der Waals surface area contributed by atoms with Crippen molar-refractivity contribution in [1.29, 1.82) is 0 Å². The smallest absolute Gasteiger partial charge is 0.243 e. The van der Waals surface area contributed by atoms with E-state index in [9.17, 15) is 17.6 Å². The van der Waals surface area contributed by atoms with Gasteiger partial charge in [-0.3, -0.25) is 4.79 Å². The van der Waals surface area contributed by atoms with E-state index in [1.165, 1.54) is 10.4 Å². The molecule has 0 bridgehead atoms. The zero-order chi connectivity index (χ0) is 24.5. The quantitative estimate of drug-likeness (QED) is 0.694. The topological polar surface area (TPSA) is 79.0 Å². The number of nitrogens with one attached hydrogen (secondary N) is 1. The van der Waals surface area contributed by atoms with Crippen LogP contribution in [-0.4, -0.2) is 58.0 Å². The fourth-order valence-corrected chi connectivity index (χ4v) is 6.83. The SMILES string of the molecule is Cc1cc(C)c(S(=O)(=O)N2CCC(C(=O)Nc3ccc(N4CCOCC4)c(F)c3)CC2)c(C)c1. The van der Waals surface area contributed by atoms with Crippen LogP contribution in [0, 0.1) is 32.5 Å². The van der Waals surface area contributed by atoms with Crippen molar-refractivity contribution in [2.24, 2.45) is 5.92 Å². The summed E-state index contributed by atoms with van der Waals surface area (Å²) in [5.74, 6) is -0.920. The Morgan fingerprint density at radius 2 is 1.62 bits per heavy atom. The first-order valence-electron chi connectivity index (χ1n) is 11.7. The maximum absolute atomic E-state index is 14.7. The van der Waals surface area contributed by atoms with Crippen molar-refractivity contribution in [1.82, 2.24) is 4.31 Å². The molecule has 184 valence electrons. The van der Waals surface area contributed by atoms with E-state index in [2.05, 4.69) is 5.32 Å². The van der Waals surface area contributed by atoms with E-state index in [0.29, 0.717) is 55.4 Å². The van der Waals surface area contributed by atoms with Crippen LogP contribution in [-0.2, 0) is 19.6 Å². The lowest BCUT2D eigenvalue weighted by atomic mass is 9.97. The lowest BCUT2D eigenvalue weighted by Gasteiger charge is -2.31. The Bertz CT molecular complexity index is 1150. The molecule has 4 rings (SSSR count). The second-order valence-corrected chi connectivity index (χ2v) is 11.0. The predicted octanol–water partition coefficient (Wildman–Crippen LogP) is 3.63. The van der Waals surface area contributed by atoms with Gasteiger partial charge in [0.1, 0.15) is 5.82 Å². The lowest BCUT2D eigenvalue weighted by Crippen LogP contribution is -2.41. The van der Waals surface area contributed by atoms with E-state index in [-0.39, 0.29) is 30.7 Å². The fraction of sp³-hybridized carbons (Fsp3) is 0.480. The van der Waals surface area contributed by atoms with E-state index >= 15 is 0 Å². The summed E-state index contributed by atoms with van der Waals surface area (Å²) in [6.45, 7) is 8.52. The number of piperidine rings is 1. The molecule has 2 heterocycles. The standard InChI is InChI=1S/C25H32FN3O4S/c1-17-14-18(2)24(19(3)15-17)34(31,32)29-8-6-20(7-9-29)25(30)27-21-4-5-23(22(26)16-21)28-10-12-33-13-11-28/h4-5,14-16,20H,6-13H2,1-3H3,(H,27,30). The highest BCUT2D eigenvalue weighted by atomic mass is 32.2. The number of aryl methyl sites for hydroxylation is 3. The van der Waals surface area contributed by atoms with Gasteiger partial charge in [-0.2, -0.15) is 4.31 Å². The summed E-state index contributed by atoms with van der Waals surface area (Å²) in [4.78, 5) is 15.1. The van der Waals surface area contributed by atoms with Crippen LogP contribution >= 0.6 is 0 Å². The third-order valence-corrected chi connectivity index (χ3v) is 8.80. The van der Waals surface area contributed by atoms with Crippen LogP contribution < -0.4 is 10.2 Å². The highest BCUT2D eigenvalue weighted by Gasteiger charge is 2.33. The van der Waals surface area contributed by atoms with Crippen LogP contribution in [0.1, 0.15) is 29.5 Å². The average Bonchev–Trinajstić information content (AvgIpc) is 2.79. The Morgan fingerprint density at radius 3 is 2.21 bits per heavy atom. The number of carbonyl (C=O) groups is 1. The van der Waals surface area contributed by atoms with Gasteiger partial charge >= 0.3 is 0 Å². The molecule has 7 nitrogen and oxygen atoms in total. The van der Waals surface area contributed by atoms with Crippen LogP contribution in [0.3, 0.4) is 0 Å². The second kappa shape index (κ2) is 10.0. The molecule has 1 N–H and O–H groups in total. The Balaban J connectivity index is 1.38. The Kier molecular flexibility index (Phi) is 7.25. The van der Waals surface area contributed by atoms with Crippen LogP contribution in [0.25, 0.3) is 0 Å². The molecule has 0 radical (unpaired) electrons.